The number of hydrogen-bond acceptors (Lipinski definition) is 6. The Morgan fingerprint density at radius 3 is 0.607 bits per heavy atom. The quantitative estimate of drug-likeness (QED) is 0.357. The van der Waals surface area contributed by atoms with Crippen molar-refractivity contribution in [1.82, 2.24) is 0 Å². The Morgan fingerprint density at radius 2 is 0.607 bits per heavy atom. The Hall–Kier alpha value is 0.712. The fourth-order valence-corrected chi connectivity index (χ4v) is 3.07. The van der Waals surface area contributed by atoms with Crippen molar-refractivity contribution in [2.75, 3.05) is 0 Å². The first-order valence-corrected chi connectivity index (χ1v) is 13.2. The molecule has 0 aromatic rings. The maximum absolute atomic E-state index is 10.5. The van der Waals surface area contributed by atoms with Gasteiger partial charge in [0, 0.05) is 0 Å². The molecule has 28 heavy (non-hydrogen) atoms. The van der Waals surface area contributed by atoms with Crippen molar-refractivity contribution in [3.8, 4) is 0 Å². The molecule has 0 radical (unpaired) electrons. The minimum absolute atomic E-state index is 0. The summed E-state index contributed by atoms with van der Waals surface area (Å²) in [6.45, 7) is 16.7. The molecule has 0 aliphatic rings. The van der Waals surface area contributed by atoms with Gasteiger partial charge in [-0.1, -0.05) is 55.2 Å². The van der Waals surface area contributed by atoms with Crippen molar-refractivity contribution in [1.29, 1.82) is 0 Å². The smallest absolute Gasteiger partial charge is 0.595 e. The van der Waals surface area contributed by atoms with Crippen molar-refractivity contribution in [2.45, 2.75) is 116 Å². The van der Waals surface area contributed by atoms with Crippen LogP contribution < -0.4 is 14.7 Å². The first-order valence-electron chi connectivity index (χ1n) is 9.63. The van der Waals surface area contributed by atoms with Crippen LogP contribution in [0.25, 0.3) is 0 Å². The summed E-state index contributed by atoms with van der Waals surface area (Å²) in [4.78, 5) is 31.6. The van der Waals surface area contributed by atoms with Gasteiger partial charge in [0.05, 0.1) is 0 Å². The maximum Gasteiger partial charge on any atom is 3.00 e. The van der Waals surface area contributed by atoms with Gasteiger partial charge in [-0.2, -0.15) is 0 Å². The van der Waals surface area contributed by atoms with Crippen molar-refractivity contribution < 1.29 is 28.4 Å². The fraction of sp³-hybridized carbons (Fsp3) is 1.00. The minimum atomic E-state index is -2.25. The van der Waals surface area contributed by atoms with Gasteiger partial charge in [-0.25, -0.2) is 0 Å². The monoisotopic (exact) mass is 471 g/mol. The largest absolute Gasteiger partial charge is 3.00 e. The summed E-state index contributed by atoms with van der Waals surface area (Å²) < 4.78 is 31.6. The van der Waals surface area contributed by atoms with Gasteiger partial charge in [0.15, 0.2) is 15.5 Å². The molecule has 6 nitrogen and oxygen atoms in total. The van der Waals surface area contributed by atoms with Crippen LogP contribution in [0.3, 0.4) is 0 Å². The molecule has 0 fully saturated rings. The summed E-state index contributed by atoms with van der Waals surface area (Å²) in [7, 11) is -6.74. The molecule has 0 aliphatic heterocycles. The molecule has 162 valence electrons. The summed E-state index contributed by atoms with van der Waals surface area (Å²) in [5.41, 5.74) is 0. The predicted molar refractivity (Wildman–Crippen MR) is 116 cm³/mol. The molecular formula is C18H39AlO6P3+3. The average Bonchev–Trinajstić information content (AvgIpc) is 2.66. The van der Waals surface area contributed by atoms with Crippen molar-refractivity contribution in [2.24, 2.45) is 0 Å². The minimum Gasteiger partial charge on any atom is -0.595 e. The zero-order chi connectivity index (χ0) is 22.5. The van der Waals surface area contributed by atoms with E-state index in [1.807, 2.05) is 41.5 Å². The van der Waals surface area contributed by atoms with Crippen LogP contribution in [-0.4, -0.2) is 32.8 Å². The molecule has 3 unspecified atom stereocenters. The van der Waals surface area contributed by atoms with E-state index >= 15 is 0 Å². The second kappa shape index (κ2) is 17.4. The van der Waals surface area contributed by atoms with Gasteiger partial charge in [0.25, 0.3) is 0 Å². The molecule has 0 aromatic heterocycles. The standard InChI is InChI=1S/3C6H13O2P.Al/c3*1-4-6(3,5-2)9(7)8;/h3*4-5H2,1-3H3;/q;;;+3. The second-order valence-electron chi connectivity index (χ2n) is 7.38. The molecule has 0 saturated carbocycles. The third kappa shape index (κ3) is 13.1. The summed E-state index contributed by atoms with van der Waals surface area (Å²) in [5, 5.41) is -1.39. The summed E-state index contributed by atoms with van der Waals surface area (Å²) in [6.07, 6.45) is 4.26. The Kier molecular flexibility index (Phi) is 22.4. The molecule has 0 N–H and O–H groups in total. The van der Waals surface area contributed by atoms with Gasteiger partial charge in [0.2, 0.25) is 0 Å². The van der Waals surface area contributed by atoms with E-state index in [4.69, 9.17) is 0 Å². The van der Waals surface area contributed by atoms with E-state index < -0.39 is 39.6 Å². The SMILES string of the molecule is CCC(C)(CC)[P+](=O)[O-].CCC(C)(CC)[P+](=O)[O-].CCC(C)(CC)[P+](=O)[O-].[Al+3]. The van der Waals surface area contributed by atoms with Gasteiger partial charge in [-0.15, -0.1) is 0 Å². The first kappa shape index (κ1) is 36.1. The Balaban J connectivity index is -0.000000152. The molecule has 3 atom stereocenters. The van der Waals surface area contributed by atoms with E-state index in [2.05, 4.69) is 0 Å². The summed E-state index contributed by atoms with van der Waals surface area (Å²) >= 11 is 0. The molecule has 0 spiro atoms. The molecule has 0 aliphatic carbocycles. The molecule has 0 aromatic carbocycles. The zero-order valence-electron chi connectivity index (χ0n) is 19.1. The van der Waals surface area contributed by atoms with Crippen molar-refractivity contribution in [3.05, 3.63) is 0 Å². The van der Waals surface area contributed by atoms with Crippen molar-refractivity contribution >= 4 is 41.4 Å². The van der Waals surface area contributed by atoms with Crippen molar-refractivity contribution in [3.63, 3.8) is 0 Å². The van der Waals surface area contributed by atoms with E-state index in [1.54, 1.807) is 20.8 Å². The van der Waals surface area contributed by atoms with Crippen LogP contribution in [0, 0.1) is 0 Å². The first-order chi connectivity index (χ1) is 12.2. The van der Waals surface area contributed by atoms with Gasteiger partial charge in [-0.3, -0.25) is 0 Å². The molecule has 0 amide bonds. The van der Waals surface area contributed by atoms with Gasteiger partial charge >= 0.3 is 41.4 Å². The molecule has 0 saturated heterocycles. The van der Waals surface area contributed by atoms with Gasteiger partial charge in [0.1, 0.15) is 0 Å². The van der Waals surface area contributed by atoms with Crippen LogP contribution in [0.4, 0.5) is 0 Å². The van der Waals surface area contributed by atoms with Crippen LogP contribution in [0.2, 0.25) is 0 Å². The van der Waals surface area contributed by atoms with Gasteiger partial charge < -0.3 is 14.7 Å². The molecule has 10 heteroatoms. The van der Waals surface area contributed by atoms with E-state index in [-0.39, 0.29) is 17.4 Å². The molecule has 0 heterocycles. The summed E-state index contributed by atoms with van der Waals surface area (Å²) in [5.74, 6) is 0. The predicted octanol–water partition coefficient (Wildman–Crippen LogP) is 4.62. The second-order valence-corrected chi connectivity index (χ2v) is 12.2. The van der Waals surface area contributed by atoms with Crippen LogP contribution in [0.15, 0.2) is 0 Å². The third-order valence-corrected chi connectivity index (χ3v) is 10.4. The zero-order valence-corrected chi connectivity index (χ0v) is 22.9. The third-order valence-electron chi connectivity index (χ3n) is 5.89. The van der Waals surface area contributed by atoms with E-state index in [1.165, 1.54) is 0 Å². The van der Waals surface area contributed by atoms with Crippen LogP contribution in [0.1, 0.15) is 101 Å². The van der Waals surface area contributed by atoms with Gasteiger partial charge in [-0.05, 0) is 59.3 Å². The molecular weight excluding hydrogens is 432 g/mol. The number of rotatable bonds is 9. The molecule has 0 bridgehead atoms. The molecule has 0 rings (SSSR count). The van der Waals surface area contributed by atoms with Crippen LogP contribution >= 0.6 is 24.1 Å². The van der Waals surface area contributed by atoms with E-state index in [0.717, 1.165) is 0 Å². The summed E-state index contributed by atoms with van der Waals surface area (Å²) in [6, 6.07) is 0. The Morgan fingerprint density at radius 1 is 0.500 bits per heavy atom. The number of hydrogen-bond donors (Lipinski definition) is 0. The Labute approximate surface area is 186 Å². The Bertz CT molecular complexity index is 396. The average molecular weight is 471 g/mol. The topological polar surface area (TPSA) is 120 Å². The fourth-order valence-electron chi connectivity index (χ4n) is 1.52. The van der Waals surface area contributed by atoms with Crippen LogP contribution in [-0.2, 0) is 13.7 Å². The maximum atomic E-state index is 10.5. The van der Waals surface area contributed by atoms with E-state index in [0.29, 0.717) is 38.5 Å². The normalized spacial score (nSPS) is 13.1. The van der Waals surface area contributed by atoms with E-state index in [9.17, 15) is 28.4 Å². The van der Waals surface area contributed by atoms with Crippen LogP contribution in [0.5, 0.6) is 0 Å².